The van der Waals surface area contributed by atoms with Crippen LogP contribution in [0.2, 0.25) is 5.02 Å². The van der Waals surface area contributed by atoms with E-state index in [2.05, 4.69) is 10.6 Å². The third-order valence-corrected chi connectivity index (χ3v) is 3.94. The van der Waals surface area contributed by atoms with Gasteiger partial charge in [-0.05, 0) is 55.0 Å². The average molecular weight is 415 g/mol. The Morgan fingerprint density at radius 2 is 1.68 bits per heavy atom. The fourth-order valence-electron chi connectivity index (χ4n) is 2.26. The second-order valence-electron chi connectivity index (χ2n) is 5.88. The lowest BCUT2D eigenvalue weighted by atomic mass is 10.1. The Kier molecular flexibility index (Phi) is 7.28. The van der Waals surface area contributed by atoms with Crippen molar-refractivity contribution in [3.05, 3.63) is 64.2 Å². The van der Waals surface area contributed by atoms with Crippen LogP contribution >= 0.6 is 11.6 Å². The molecule has 0 spiro atoms. The van der Waals surface area contributed by atoms with Gasteiger partial charge in [-0.15, -0.1) is 0 Å². The maximum Gasteiger partial charge on any atom is 0.416 e. The van der Waals surface area contributed by atoms with Gasteiger partial charge in [-0.1, -0.05) is 11.6 Å². The lowest BCUT2D eigenvalue weighted by Gasteiger charge is -2.11. The summed E-state index contributed by atoms with van der Waals surface area (Å²) >= 11 is 5.84. The van der Waals surface area contributed by atoms with Gasteiger partial charge in [0.05, 0.1) is 5.56 Å². The van der Waals surface area contributed by atoms with Crippen LogP contribution in [0.15, 0.2) is 42.5 Å². The zero-order valence-corrected chi connectivity index (χ0v) is 15.7. The summed E-state index contributed by atoms with van der Waals surface area (Å²) in [5.41, 5.74) is 0.0669. The van der Waals surface area contributed by atoms with Crippen LogP contribution in [-0.4, -0.2) is 31.5 Å². The molecule has 2 amide bonds. The SMILES string of the molecule is Cc1cc(Cl)ccc1OCC(=O)NCCNC(=O)c1ccc(C(F)(F)F)cc1. The second kappa shape index (κ2) is 9.45. The van der Waals surface area contributed by atoms with Gasteiger partial charge < -0.3 is 15.4 Å². The summed E-state index contributed by atoms with van der Waals surface area (Å²) in [5, 5.41) is 5.65. The average Bonchev–Trinajstić information content (AvgIpc) is 2.63. The number of aryl methyl sites for hydroxylation is 1. The first kappa shape index (κ1) is 21.6. The van der Waals surface area contributed by atoms with Gasteiger partial charge in [0.2, 0.25) is 0 Å². The van der Waals surface area contributed by atoms with Crippen molar-refractivity contribution in [2.24, 2.45) is 0 Å². The van der Waals surface area contributed by atoms with Gasteiger partial charge in [0.15, 0.2) is 6.61 Å². The van der Waals surface area contributed by atoms with Crippen molar-refractivity contribution in [1.82, 2.24) is 10.6 Å². The third-order valence-electron chi connectivity index (χ3n) is 3.70. The van der Waals surface area contributed by atoms with Gasteiger partial charge in [0.25, 0.3) is 11.8 Å². The molecule has 2 rings (SSSR count). The summed E-state index contributed by atoms with van der Waals surface area (Å²) < 4.78 is 42.9. The zero-order chi connectivity index (χ0) is 20.7. The van der Waals surface area contributed by atoms with E-state index in [0.717, 1.165) is 29.8 Å². The number of nitrogens with one attached hydrogen (secondary N) is 2. The molecule has 0 aromatic heterocycles. The minimum atomic E-state index is -4.45. The number of rotatable bonds is 7. The van der Waals surface area contributed by atoms with E-state index in [0.29, 0.717) is 10.8 Å². The topological polar surface area (TPSA) is 67.4 Å². The first-order valence-electron chi connectivity index (χ1n) is 8.28. The molecule has 9 heteroatoms. The normalized spacial score (nSPS) is 11.0. The summed E-state index contributed by atoms with van der Waals surface area (Å²) in [5.74, 6) is -0.371. The van der Waals surface area contributed by atoms with Crippen molar-refractivity contribution in [2.75, 3.05) is 19.7 Å². The zero-order valence-electron chi connectivity index (χ0n) is 14.9. The first-order chi connectivity index (χ1) is 13.2. The highest BCUT2D eigenvalue weighted by Gasteiger charge is 2.30. The summed E-state index contributed by atoms with van der Waals surface area (Å²) in [6.07, 6.45) is -4.45. The predicted molar refractivity (Wildman–Crippen MR) is 98.5 cm³/mol. The number of benzene rings is 2. The lowest BCUT2D eigenvalue weighted by Crippen LogP contribution is -2.36. The number of alkyl halides is 3. The largest absolute Gasteiger partial charge is 0.484 e. The summed E-state index contributed by atoms with van der Waals surface area (Å²) in [4.78, 5) is 23.6. The van der Waals surface area contributed by atoms with Crippen molar-refractivity contribution in [3.63, 3.8) is 0 Å². The third kappa shape index (κ3) is 6.45. The molecule has 2 N–H and O–H groups in total. The number of hydrogen-bond donors (Lipinski definition) is 2. The molecular weight excluding hydrogens is 397 g/mol. The molecule has 150 valence electrons. The Morgan fingerprint density at radius 1 is 1.04 bits per heavy atom. The monoisotopic (exact) mass is 414 g/mol. The highest BCUT2D eigenvalue weighted by atomic mass is 35.5. The van der Waals surface area contributed by atoms with E-state index >= 15 is 0 Å². The molecule has 0 aliphatic heterocycles. The molecule has 0 heterocycles. The van der Waals surface area contributed by atoms with Gasteiger partial charge >= 0.3 is 6.18 Å². The van der Waals surface area contributed by atoms with E-state index in [4.69, 9.17) is 16.3 Å². The number of carbonyl (C=O) groups is 2. The maximum absolute atomic E-state index is 12.5. The van der Waals surface area contributed by atoms with Crippen molar-refractivity contribution in [3.8, 4) is 5.75 Å². The van der Waals surface area contributed by atoms with E-state index in [1.54, 1.807) is 25.1 Å². The molecule has 0 unspecified atom stereocenters. The molecule has 0 saturated carbocycles. The first-order valence-corrected chi connectivity index (χ1v) is 8.66. The van der Waals surface area contributed by atoms with Gasteiger partial charge in [0.1, 0.15) is 5.75 Å². The molecule has 0 bridgehead atoms. The number of carbonyl (C=O) groups excluding carboxylic acids is 2. The maximum atomic E-state index is 12.5. The van der Waals surface area contributed by atoms with Crippen LogP contribution in [0.4, 0.5) is 13.2 Å². The molecule has 2 aromatic rings. The molecule has 0 aliphatic carbocycles. The minimum Gasteiger partial charge on any atom is -0.484 e. The van der Waals surface area contributed by atoms with E-state index in [1.165, 1.54) is 0 Å². The van der Waals surface area contributed by atoms with Crippen LogP contribution in [0.25, 0.3) is 0 Å². The van der Waals surface area contributed by atoms with Crippen molar-refractivity contribution in [1.29, 1.82) is 0 Å². The van der Waals surface area contributed by atoms with Crippen LogP contribution in [0.3, 0.4) is 0 Å². The molecule has 0 atom stereocenters. The molecule has 0 saturated heterocycles. The standard InChI is InChI=1S/C19H18ClF3N2O3/c1-12-10-15(20)6-7-16(12)28-11-17(26)24-8-9-25-18(27)13-2-4-14(5-3-13)19(21,22)23/h2-7,10H,8-9,11H2,1H3,(H,24,26)(H,25,27). The second-order valence-corrected chi connectivity index (χ2v) is 6.32. The van der Waals surface area contributed by atoms with Crippen molar-refractivity contribution in [2.45, 2.75) is 13.1 Å². The number of hydrogen-bond acceptors (Lipinski definition) is 3. The lowest BCUT2D eigenvalue weighted by molar-refractivity contribution is -0.137. The molecule has 28 heavy (non-hydrogen) atoms. The van der Waals surface area contributed by atoms with Crippen LogP contribution < -0.4 is 15.4 Å². The molecule has 0 fully saturated rings. The van der Waals surface area contributed by atoms with Crippen LogP contribution in [0.5, 0.6) is 5.75 Å². The van der Waals surface area contributed by atoms with Gasteiger partial charge in [0, 0.05) is 23.7 Å². The van der Waals surface area contributed by atoms with Gasteiger partial charge in [-0.2, -0.15) is 13.2 Å². The van der Waals surface area contributed by atoms with Crippen molar-refractivity contribution < 1.29 is 27.5 Å². The predicted octanol–water partition coefficient (Wildman–Crippen LogP) is 3.59. The number of halogens is 4. The highest BCUT2D eigenvalue weighted by molar-refractivity contribution is 6.30. The quantitative estimate of drug-likeness (QED) is 0.680. The summed E-state index contributed by atoms with van der Waals surface area (Å²) in [6, 6.07) is 8.90. The molecule has 2 aromatic carbocycles. The Bertz CT molecular complexity index is 839. The van der Waals surface area contributed by atoms with Crippen LogP contribution in [0.1, 0.15) is 21.5 Å². The van der Waals surface area contributed by atoms with Crippen LogP contribution in [-0.2, 0) is 11.0 Å². The Balaban J connectivity index is 1.70. The van der Waals surface area contributed by atoms with Gasteiger partial charge in [-0.25, -0.2) is 0 Å². The Labute approximate surface area is 164 Å². The van der Waals surface area contributed by atoms with Crippen LogP contribution in [0, 0.1) is 6.92 Å². The van der Waals surface area contributed by atoms with Gasteiger partial charge in [-0.3, -0.25) is 9.59 Å². The van der Waals surface area contributed by atoms with E-state index < -0.39 is 17.6 Å². The molecular formula is C19H18ClF3N2O3. The summed E-state index contributed by atoms with van der Waals surface area (Å²) in [7, 11) is 0. The molecule has 5 nitrogen and oxygen atoms in total. The summed E-state index contributed by atoms with van der Waals surface area (Å²) in [6.45, 7) is 1.87. The number of amides is 2. The van der Waals surface area contributed by atoms with Crippen molar-refractivity contribution >= 4 is 23.4 Å². The Morgan fingerprint density at radius 3 is 2.29 bits per heavy atom. The van der Waals surface area contributed by atoms with E-state index in [9.17, 15) is 22.8 Å². The minimum absolute atomic E-state index is 0.0980. The Hall–Kier alpha value is -2.74. The van der Waals surface area contributed by atoms with E-state index in [-0.39, 0.29) is 31.2 Å². The fraction of sp³-hybridized carbons (Fsp3) is 0.263. The smallest absolute Gasteiger partial charge is 0.416 e. The number of ether oxygens (including phenoxy) is 1. The molecule has 0 aliphatic rings. The van der Waals surface area contributed by atoms with E-state index in [1.807, 2.05) is 0 Å². The molecule has 0 radical (unpaired) electrons. The fourth-order valence-corrected chi connectivity index (χ4v) is 2.49. The highest BCUT2D eigenvalue weighted by Crippen LogP contribution is 2.29.